The maximum atomic E-state index is 10.3. The number of rotatable bonds is 3. The quantitative estimate of drug-likeness (QED) is 0.699. The van der Waals surface area contributed by atoms with Crippen LogP contribution in [0.2, 0.25) is 0 Å². The smallest absolute Gasteiger partial charge is 0.110 e. The number of hydrogen-bond acceptors (Lipinski definition) is 5. The molecule has 4 N–H and O–H groups in total. The van der Waals surface area contributed by atoms with Crippen LogP contribution in [-0.4, -0.2) is 34.9 Å². The van der Waals surface area contributed by atoms with Crippen molar-refractivity contribution in [1.29, 1.82) is 0 Å². The Morgan fingerprint density at radius 2 is 2.50 bits per heavy atom. The normalized spacial score (nSPS) is 29.2. The van der Waals surface area contributed by atoms with E-state index < -0.39 is 5.60 Å². The van der Waals surface area contributed by atoms with Gasteiger partial charge in [0.05, 0.1) is 23.7 Å². The Hall–Kier alpha value is -1.33. The van der Waals surface area contributed by atoms with E-state index >= 15 is 0 Å². The highest BCUT2D eigenvalue weighted by Crippen LogP contribution is 2.26. The summed E-state index contributed by atoms with van der Waals surface area (Å²) < 4.78 is 5.35. The third-order valence-corrected chi connectivity index (χ3v) is 3.02. The van der Waals surface area contributed by atoms with Gasteiger partial charge in [-0.1, -0.05) is 0 Å². The first-order valence-corrected chi connectivity index (χ1v) is 5.38. The van der Waals surface area contributed by atoms with Crippen LogP contribution < -0.4 is 11.1 Å². The molecular weight excluding hydrogens is 206 g/mol. The minimum Gasteiger partial charge on any atom is -0.397 e. The highest BCUT2D eigenvalue weighted by Gasteiger charge is 2.39. The molecule has 2 unspecified atom stereocenters. The van der Waals surface area contributed by atoms with Crippen molar-refractivity contribution in [3.8, 4) is 0 Å². The Morgan fingerprint density at radius 3 is 3.12 bits per heavy atom. The summed E-state index contributed by atoms with van der Waals surface area (Å²) in [7, 11) is 0. The average Bonchev–Trinajstić information content (AvgIpc) is 2.58. The van der Waals surface area contributed by atoms with Gasteiger partial charge in [-0.15, -0.1) is 0 Å². The molecule has 0 spiro atoms. The van der Waals surface area contributed by atoms with Gasteiger partial charge >= 0.3 is 0 Å². The van der Waals surface area contributed by atoms with Gasteiger partial charge in [-0.05, 0) is 13.0 Å². The molecule has 5 heteroatoms. The van der Waals surface area contributed by atoms with Crippen molar-refractivity contribution < 1.29 is 9.84 Å². The number of anilines is 2. The monoisotopic (exact) mass is 223 g/mol. The highest BCUT2D eigenvalue weighted by atomic mass is 16.5. The zero-order chi connectivity index (χ0) is 11.6. The number of hydrogen-bond donors (Lipinski definition) is 3. The molecule has 1 fully saturated rings. The Morgan fingerprint density at radius 1 is 1.69 bits per heavy atom. The SMILES string of the molecule is CC1OCCC1(O)CNc1cncc(N)c1. The van der Waals surface area contributed by atoms with Crippen molar-refractivity contribution in [1.82, 2.24) is 4.98 Å². The summed E-state index contributed by atoms with van der Waals surface area (Å²) in [6, 6.07) is 1.79. The van der Waals surface area contributed by atoms with Crippen LogP contribution >= 0.6 is 0 Å². The van der Waals surface area contributed by atoms with E-state index in [-0.39, 0.29) is 6.10 Å². The minimum atomic E-state index is -0.801. The molecule has 0 amide bonds. The molecule has 1 aromatic heterocycles. The molecule has 0 saturated carbocycles. The first-order chi connectivity index (χ1) is 7.60. The molecule has 88 valence electrons. The average molecular weight is 223 g/mol. The number of nitrogen functional groups attached to an aromatic ring is 1. The maximum absolute atomic E-state index is 10.3. The molecule has 1 saturated heterocycles. The summed E-state index contributed by atoms with van der Waals surface area (Å²) in [5.74, 6) is 0. The lowest BCUT2D eigenvalue weighted by Gasteiger charge is -2.26. The van der Waals surface area contributed by atoms with Crippen molar-refractivity contribution in [2.75, 3.05) is 24.2 Å². The van der Waals surface area contributed by atoms with E-state index in [4.69, 9.17) is 10.5 Å². The fourth-order valence-corrected chi connectivity index (χ4v) is 1.81. The van der Waals surface area contributed by atoms with Crippen LogP contribution in [0.3, 0.4) is 0 Å². The number of ether oxygens (including phenoxy) is 1. The van der Waals surface area contributed by atoms with Gasteiger partial charge in [0.2, 0.25) is 0 Å². The standard InChI is InChI=1S/C11H17N3O2/c1-8-11(15,2-3-16-8)7-14-10-4-9(12)5-13-6-10/h4-6,8,14-15H,2-3,7,12H2,1H3. The molecule has 2 heterocycles. The maximum Gasteiger partial charge on any atom is 0.110 e. The Balaban J connectivity index is 1.97. The van der Waals surface area contributed by atoms with E-state index in [0.29, 0.717) is 25.3 Å². The fourth-order valence-electron chi connectivity index (χ4n) is 1.81. The fraction of sp³-hybridized carbons (Fsp3) is 0.545. The molecule has 2 rings (SSSR count). The minimum absolute atomic E-state index is 0.144. The lowest BCUT2D eigenvalue weighted by molar-refractivity contribution is -0.0175. The predicted octanol–water partition coefficient (Wildman–Crippen LogP) is 0.616. The first kappa shape index (κ1) is 11.2. The predicted molar refractivity (Wildman–Crippen MR) is 62.1 cm³/mol. The molecule has 5 nitrogen and oxygen atoms in total. The second-order valence-corrected chi connectivity index (χ2v) is 4.23. The largest absolute Gasteiger partial charge is 0.397 e. The summed E-state index contributed by atoms with van der Waals surface area (Å²) in [4.78, 5) is 3.97. The van der Waals surface area contributed by atoms with Gasteiger partial charge < -0.3 is 20.9 Å². The molecule has 0 aliphatic carbocycles. The Bertz CT molecular complexity index is 372. The van der Waals surface area contributed by atoms with Crippen LogP contribution in [0.4, 0.5) is 11.4 Å². The highest BCUT2D eigenvalue weighted by molar-refractivity contribution is 5.51. The van der Waals surface area contributed by atoms with Crippen LogP contribution in [0.25, 0.3) is 0 Å². The molecule has 1 aliphatic rings. The zero-order valence-electron chi connectivity index (χ0n) is 9.31. The van der Waals surface area contributed by atoms with E-state index in [2.05, 4.69) is 10.3 Å². The number of pyridine rings is 1. The topological polar surface area (TPSA) is 80.4 Å². The molecule has 0 aromatic carbocycles. The zero-order valence-corrected chi connectivity index (χ0v) is 9.31. The molecule has 1 aliphatic heterocycles. The van der Waals surface area contributed by atoms with Crippen LogP contribution in [0.15, 0.2) is 18.5 Å². The van der Waals surface area contributed by atoms with Crippen LogP contribution in [0.1, 0.15) is 13.3 Å². The second-order valence-electron chi connectivity index (χ2n) is 4.23. The molecule has 2 atom stereocenters. The lowest BCUT2D eigenvalue weighted by Crippen LogP contribution is -2.43. The first-order valence-electron chi connectivity index (χ1n) is 5.38. The van der Waals surface area contributed by atoms with E-state index in [1.165, 1.54) is 0 Å². The van der Waals surface area contributed by atoms with Crippen LogP contribution in [0, 0.1) is 0 Å². The third-order valence-electron chi connectivity index (χ3n) is 3.02. The number of nitrogens with zero attached hydrogens (tertiary/aromatic N) is 1. The number of aliphatic hydroxyl groups is 1. The van der Waals surface area contributed by atoms with Crippen LogP contribution in [-0.2, 0) is 4.74 Å². The summed E-state index contributed by atoms with van der Waals surface area (Å²) in [5, 5.41) is 13.4. The summed E-state index contributed by atoms with van der Waals surface area (Å²) >= 11 is 0. The van der Waals surface area contributed by atoms with Gasteiger partial charge in [0.25, 0.3) is 0 Å². The van der Waals surface area contributed by atoms with Gasteiger partial charge in [0.15, 0.2) is 0 Å². The Labute approximate surface area is 94.6 Å². The van der Waals surface area contributed by atoms with E-state index in [9.17, 15) is 5.11 Å². The van der Waals surface area contributed by atoms with Crippen molar-refractivity contribution in [2.24, 2.45) is 0 Å². The summed E-state index contributed by atoms with van der Waals surface area (Å²) in [5.41, 5.74) is 6.23. The number of aromatic nitrogens is 1. The van der Waals surface area contributed by atoms with Gasteiger partial charge in [0.1, 0.15) is 5.60 Å². The van der Waals surface area contributed by atoms with E-state index in [0.717, 1.165) is 5.69 Å². The van der Waals surface area contributed by atoms with Crippen molar-refractivity contribution in [3.63, 3.8) is 0 Å². The number of nitrogens with one attached hydrogen (secondary N) is 1. The molecule has 1 aromatic rings. The molecule has 0 bridgehead atoms. The summed E-state index contributed by atoms with van der Waals surface area (Å²) in [6.45, 7) is 2.93. The van der Waals surface area contributed by atoms with Gasteiger partial charge in [-0.2, -0.15) is 0 Å². The van der Waals surface area contributed by atoms with Gasteiger partial charge in [-0.25, -0.2) is 0 Å². The van der Waals surface area contributed by atoms with Crippen molar-refractivity contribution in [3.05, 3.63) is 18.5 Å². The summed E-state index contributed by atoms with van der Waals surface area (Å²) in [6.07, 6.45) is 3.77. The lowest BCUT2D eigenvalue weighted by atomic mass is 9.97. The van der Waals surface area contributed by atoms with Crippen molar-refractivity contribution >= 4 is 11.4 Å². The van der Waals surface area contributed by atoms with Gasteiger partial charge in [-0.3, -0.25) is 4.98 Å². The van der Waals surface area contributed by atoms with E-state index in [1.54, 1.807) is 18.5 Å². The number of nitrogens with two attached hydrogens (primary N) is 1. The third kappa shape index (κ3) is 2.25. The molecule has 0 radical (unpaired) electrons. The molecular formula is C11H17N3O2. The van der Waals surface area contributed by atoms with Crippen molar-refractivity contribution in [2.45, 2.75) is 25.0 Å². The van der Waals surface area contributed by atoms with E-state index in [1.807, 2.05) is 6.92 Å². The Kier molecular flexibility index (Phi) is 2.98. The second kappa shape index (κ2) is 4.27. The van der Waals surface area contributed by atoms with Crippen LogP contribution in [0.5, 0.6) is 0 Å². The molecule has 16 heavy (non-hydrogen) atoms. The van der Waals surface area contributed by atoms with Gasteiger partial charge in [0, 0.05) is 25.8 Å².